The van der Waals surface area contributed by atoms with Gasteiger partial charge in [0.15, 0.2) is 0 Å². The van der Waals surface area contributed by atoms with Crippen LogP contribution in [0.3, 0.4) is 0 Å². The number of rotatable bonds is 1. The van der Waals surface area contributed by atoms with E-state index in [4.69, 9.17) is 4.55 Å². The first-order valence-corrected chi connectivity index (χ1v) is 3.01. The minimum atomic E-state index is -3.94. The summed E-state index contributed by atoms with van der Waals surface area (Å²) in [7, 11) is -3.94. The second-order valence-electron chi connectivity index (χ2n) is 1.18. The summed E-state index contributed by atoms with van der Waals surface area (Å²) in [5, 5.41) is 0. The molecule has 0 amide bonds. The summed E-state index contributed by atoms with van der Waals surface area (Å²) in [4.78, 5) is -0.229. The van der Waals surface area contributed by atoms with E-state index in [1.165, 1.54) is 6.92 Å². The molecular formula is C3H7NaO3S. The molecule has 1 N–H and O–H groups in total. The van der Waals surface area contributed by atoms with Gasteiger partial charge in [-0.25, -0.2) is 0 Å². The molecule has 0 aliphatic carbocycles. The van der Waals surface area contributed by atoms with Crippen molar-refractivity contribution in [2.75, 3.05) is 0 Å². The van der Waals surface area contributed by atoms with Crippen LogP contribution in [0.25, 0.3) is 0 Å². The molecule has 44 valence electrons. The molecule has 0 unspecified atom stereocenters. The maximum absolute atomic E-state index is 9.79. The van der Waals surface area contributed by atoms with Gasteiger partial charge in [-0.2, -0.15) is 8.42 Å². The van der Waals surface area contributed by atoms with Crippen molar-refractivity contribution in [1.29, 1.82) is 0 Å². The monoisotopic (exact) mass is 146 g/mol. The summed E-state index contributed by atoms with van der Waals surface area (Å²) in [6, 6.07) is 0. The normalized spacial score (nSPS) is 9.75. The van der Waals surface area contributed by atoms with Gasteiger partial charge >= 0.3 is 29.6 Å². The molecule has 0 rings (SSSR count). The van der Waals surface area contributed by atoms with Crippen molar-refractivity contribution in [2.24, 2.45) is 0 Å². The van der Waals surface area contributed by atoms with Gasteiger partial charge in [0.05, 0.1) is 4.91 Å². The van der Waals surface area contributed by atoms with Gasteiger partial charge in [0.1, 0.15) is 0 Å². The first kappa shape index (κ1) is 11.4. The van der Waals surface area contributed by atoms with Crippen LogP contribution in [0, 0.1) is 0 Å². The summed E-state index contributed by atoms with van der Waals surface area (Å²) >= 11 is 0. The van der Waals surface area contributed by atoms with Crippen molar-refractivity contribution in [2.45, 2.75) is 6.92 Å². The van der Waals surface area contributed by atoms with Crippen LogP contribution < -0.4 is 0 Å². The third-order valence-corrected chi connectivity index (χ3v) is 1.32. The van der Waals surface area contributed by atoms with Crippen molar-refractivity contribution in [3.05, 3.63) is 11.5 Å². The molecule has 0 aliphatic rings. The fourth-order valence-corrected chi connectivity index (χ4v) is 0. The van der Waals surface area contributed by atoms with E-state index < -0.39 is 10.1 Å². The molecule has 8 heavy (non-hydrogen) atoms. The van der Waals surface area contributed by atoms with Crippen LogP contribution in [0.4, 0.5) is 0 Å². The van der Waals surface area contributed by atoms with Gasteiger partial charge in [-0.3, -0.25) is 4.55 Å². The van der Waals surface area contributed by atoms with Crippen molar-refractivity contribution >= 4 is 39.7 Å². The van der Waals surface area contributed by atoms with Crippen LogP contribution in [0.5, 0.6) is 0 Å². The van der Waals surface area contributed by atoms with Crippen molar-refractivity contribution in [3.63, 3.8) is 0 Å². The van der Waals surface area contributed by atoms with Crippen LogP contribution in [-0.4, -0.2) is 42.5 Å². The van der Waals surface area contributed by atoms with Gasteiger partial charge in [-0.1, -0.05) is 6.58 Å². The summed E-state index contributed by atoms with van der Waals surface area (Å²) in [6.07, 6.45) is 0. The van der Waals surface area contributed by atoms with E-state index in [9.17, 15) is 8.42 Å². The Hall–Kier alpha value is 0.650. The van der Waals surface area contributed by atoms with Crippen molar-refractivity contribution in [3.8, 4) is 0 Å². The second kappa shape index (κ2) is 3.63. The molecule has 0 spiro atoms. The van der Waals surface area contributed by atoms with Gasteiger partial charge in [0.25, 0.3) is 10.1 Å². The first-order valence-electron chi connectivity index (χ1n) is 1.57. The molecule has 0 saturated heterocycles. The molecule has 0 radical (unpaired) electrons. The Morgan fingerprint density at radius 2 is 1.75 bits per heavy atom. The first-order chi connectivity index (χ1) is 2.94. The Morgan fingerprint density at radius 1 is 1.62 bits per heavy atom. The Labute approximate surface area is 70.8 Å². The van der Waals surface area contributed by atoms with E-state index >= 15 is 0 Å². The van der Waals surface area contributed by atoms with E-state index in [1.54, 1.807) is 0 Å². The topological polar surface area (TPSA) is 54.4 Å². The standard InChI is InChI=1S/C3H6O3S.Na.H/c1-3(2)7(4,5)6;;/h1H2,2H3,(H,4,5,6);;. The van der Waals surface area contributed by atoms with E-state index in [0.29, 0.717) is 0 Å². The zero-order valence-corrected chi connectivity index (χ0v) is 4.70. The summed E-state index contributed by atoms with van der Waals surface area (Å²) in [6.45, 7) is 4.21. The molecule has 0 saturated carbocycles. The Morgan fingerprint density at radius 3 is 1.75 bits per heavy atom. The fourth-order valence-electron chi connectivity index (χ4n) is 0. The van der Waals surface area contributed by atoms with Gasteiger partial charge in [-0.15, -0.1) is 0 Å². The zero-order valence-electron chi connectivity index (χ0n) is 3.88. The summed E-state index contributed by atoms with van der Waals surface area (Å²) in [5.74, 6) is 0. The molecule has 0 heterocycles. The van der Waals surface area contributed by atoms with E-state index in [1.807, 2.05) is 0 Å². The molecule has 0 aliphatic heterocycles. The predicted molar refractivity (Wildman–Crippen MR) is 33.5 cm³/mol. The van der Waals surface area contributed by atoms with Crippen LogP contribution in [0.1, 0.15) is 6.92 Å². The van der Waals surface area contributed by atoms with Gasteiger partial charge < -0.3 is 0 Å². The minimum absolute atomic E-state index is 0. The Kier molecular flexibility index (Phi) is 5.20. The second-order valence-corrected chi connectivity index (χ2v) is 2.82. The van der Waals surface area contributed by atoms with E-state index in [0.717, 1.165) is 0 Å². The predicted octanol–water partition coefficient (Wildman–Crippen LogP) is -0.241. The average molecular weight is 146 g/mol. The van der Waals surface area contributed by atoms with Gasteiger partial charge in [-0.05, 0) is 6.92 Å². The zero-order chi connectivity index (χ0) is 6.08. The molecular weight excluding hydrogens is 139 g/mol. The van der Waals surface area contributed by atoms with Crippen molar-refractivity contribution < 1.29 is 13.0 Å². The van der Waals surface area contributed by atoms with Gasteiger partial charge in [0.2, 0.25) is 0 Å². The molecule has 5 heteroatoms. The fraction of sp³-hybridized carbons (Fsp3) is 0.333. The average Bonchev–Trinajstić information content (AvgIpc) is 1.31. The van der Waals surface area contributed by atoms with Crippen LogP contribution >= 0.6 is 0 Å². The van der Waals surface area contributed by atoms with Gasteiger partial charge in [0, 0.05) is 0 Å². The maximum atomic E-state index is 9.79. The molecule has 0 aromatic heterocycles. The number of hydrogen-bond donors (Lipinski definition) is 1. The third-order valence-electron chi connectivity index (χ3n) is 0.440. The summed E-state index contributed by atoms with van der Waals surface area (Å²) < 4.78 is 27.5. The van der Waals surface area contributed by atoms with Crippen LogP contribution in [0.15, 0.2) is 11.5 Å². The number of hydrogen-bond acceptors (Lipinski definition) is 2. The summed E-state index contributed by atoms with van der Waals surface area (Å²) in [5.41, 5.74) is 0. The van der Waals surface area contributed by atoms with E-state index in [2.05, 4.69) is 6.58 Å². The number of allylic oxidation sites excluding steroid dienone is 1. The molecule has 0 fully saturated rings. The molecule has 0 bridgehead atoms. The molecule has 0 aromatic carbocycles. The Balaban J connectivity index is 0. The van der Waals surface area contributed by atoms with Crippen molar-refractivity contribution in [1.82, 2.24) is 0 Å². The molecule has 0 atom stereocenters. The van der Waals surface area contributed by atoms with Crippen LogP contribution in [0.2, 0.25) is 0 Å². The molecule has 0 aromatic rings. The quantitative estimate of drug-likeness (QED) is 0.410. The van der Waals surface area contributed by atoms with E-state index in [-0.39, 0.29) is 34.5 Å². The molecule has 3 nitrogen and oxygen atoms in total. The third kappa shape index (κ3) is 4.80. The van der Waals surface area contributed by atoms with Crippen LogP contribution in [-0.2, 0) is 10.1 Å². The SMILES string of the molecule is C=C(C)S(=O)(=O)O.[NaH]. The Bertz CT molecular complexity index is 169.